The van der Waals surface area contributed by atoms with Crippen molar-refractivity contribution in [2.24, 2.45) is 7.05 Å². The molecule has 1 N–H and O–H groups in total. The van der Waals surface area contributed by atoms with E-state index in [1.54, 1.807) is 12.1 Å². The molecule has 2 aliphatic rings. The zero-order valence-corrected chi connectivity index (χ0v) is 19.3. The topological polar surface area (TPSA) is 69.0 Å². The first-order chi connectivity index (χ1) is 16.4. The second-order valence-corrected chi connectivity index (χ2v) is 9.19. The van der Waals surface area contributed by atoms with Crippen LogP contribution in [0.2, 0.25) is 0 Å². The lowest BCUT2D eigenvalue weighted by molar-refractivity contribution is -0.121. The normalized spacial score (nSPS) is 17.2. The molecule has 2 aromatic carbocycles. The van der Waals surface area contributed by atoms with Gasteiger partial charge in [0, 0.05) is 55.6 Å². The summed E-state index contributed by atoms with van der Waals surface area (Å²) in [5, 5.41) is 10.6. The van der Waals surface area contributed by atoms with E-state index < -0.39 is 6.09 Å². The van der Waals surface area contributed by atoms with E-state index in [0.29, 0.717) is 26.2 Å². The second-order valence-electron chi connectivity index (χ2n) is 9.19. The average molecular weight is 465 g/mol. The Morgan fingerprint density at radius 2 is 1.85 bits per heavy atom. The highest BCUT2D eigenvalue weighted by Gasteiger charge is 2.27. The number of aryl methyl sites for hydroxylation is 1. The number of amides is 2. The number of hydrogen-bond acceptors (Lipinski definition) is 3. The zero-order chi connectivity index (χ0) is 23.8. The van der Waals surface area contributed by atoms with Gasteiger partial charge < -0.3 is 19.5 Å². The van der Waals surface area contributed by atoms with Crippen molar-refractivity contribution in [1.29, 1.82) is 0 Å². The minimum absolute atomic E-state index is 0.0672. The third-order valence-corrected chi connectivity index (χ3v) is 7.12. The minimum atomic E-state index is -0.885. The van der Waals surface area contributed by atoms with Crippen LogP contribution in [0.25, 0.3) is 10.9 Å². The summed E-state index contributed by atoms with van der Waals surface area (Å²) in [6.45, 7) is 3.45. The maximum atomic E-state index is 13.1. The number of halogens is 1. The first-order valence-corrected chi connectivity index (χ1v) is 11.8. The van der Waals surface area contributed by atoms with Crippen LogP contribution in [0, 0.1) is 5.82 Å². The summed E-state index contributed by atoms with van der Waals surface area (Å²) in [6, 6.07) is 12.6. The first-order valence-electron chi connectivity index (χ1n) is 11.8. The number of carboxylic acid groups (broad SMARTS) is 1. The minimum Gasteiger partial charge on any atom is -0.465 e. The third-order valence-electron chi connectivity index (χ3n) is 7.12. The Balaban J connectivity index is 1.31. The largest absolute Gasteiger partial charge is 0.465 e. The Kier molecular flexibility index (Phi) is 6.00. The number of carbonyl (C=O) groups excluding carboxylic acids is 1. The smallest absolute Gasteiger partial charge is 0.407 e. The van der Waals surface area contributed by atoms with Crippen molar-refractivity contribution < 1.29 is 19.1 Å². The molecule has 1 aromatic heterocycles. The van der Waals surface area contributed by atoms with Crippen LogP contribution < -0.4 is 4.90 Å². The Labute approximate surface area is 198 Å². The summed E-state index contributed by atoms with van der Waals surface area (Å²) in [5.41, 5.74) is 5.21. The fraction of sp³-hybridized carbons (Fsp3) is 0.385. The van der Waals surface area contributed by atoms with Gasteiger partial charge in [-0.3, -0.25) is 9.69 Å². The highest BCUT2D eigenvalue weighted by Crippen LogP contribution is 2.33. The van der Waals surface area contributed by atoms with Crippen LogP contribution in [0.4, 0.5) is 14.9 Å². The van der Waals surface area contributed by atoms with Crippen molar-refractivity contribution in [2.75, 3.05) is 37.6 Å². The predicted octanol–water partition coefficient (Wildman–Crippen LogP) is 3.63. The Morgan fingerprint density at radius 1 is 1.06 bits per heavy atom. The number of rotatable bonds is 4. The van der Waals surface area contributed by atoms with Gasteiger partial charge in [0.15, 0.2) is 0 Å². The SMILES string of the molecule is Cn1c2c(c3ccc(N4CCN(CCc5ccc(F)cc5)CC4=O)cc31)CN(C(=O)O)CCC2. The Hall–Kier alpha value is -3.39. The van der Waals surface area contributed by atoms with Gasteiger partial charge in [0.2, 0.25) is 5.91 Å². The molecule has 1 saturated heterocycles. The van der Waals surface area contributed by atoms with E-state index in [4.69, 9.17) is 0 Å². The maximum absolute atomic E-state index is 13.1. The fourth-order valence-electron chi connectivity index (χ4n) is 5.21. The van der Waals surface area contributed by atoms with Crippen molar-refractivity contribution in [3.8, 4) is 0 Å². The molecule has 3 heterocycles. The molecular formula is C26H29FN4O3. The monoisotopic (exact) mass is 464 g/mol. The molecule has 0 unspecified atom stereocenters. The molecule has 0 aliphatic carbocycles. The summed E-state index contributed by atoms with van der Waals surface area (Å²) in [4.78, 5) is 30.0. The molecule has 2 amide bonds. The molecule has 34 heavy (non-hydrogen) atoms. The molecule has 8 heteroatoms. The quantitative estimate of drug-likeness (QED) is 0.640. The molecule has 2 aliphatic heterocycles. The number of anilines is 1. The third kappa shape index (κ3) is 4.25. The van der Waals surface area contributed by atoms with Gasteiger partial charge in [0.25, 0.3) is 0 Å². The second kappa shape index (κ2) is 9.10. The van der Waals surface area contributed by atoms with Crippen LogP contribution in [-0.2, 0) is 31.2 Å². The van der Waals surface area contributed by atoms with Crippen LogP contribution >= 0.6 is 0 Å². The fourth-order valence-corrected chi connectivity index (χ4v) is 5.21. The van der Waals surface area contributed by atoms with Crippen LogP contribution in [0.1, 0.15) is 23.2 Å². The molecule has 0 atom stereocenters. The highest BCUT2D eigenvalue weighted by atomic mass is 19.1. The molecule has 1 fully saturated rings. The number of nitrogens with zero attached hydrogens (tertiary/aromatic N) is 4. The molecule has 0 saturated carbocycles. The Morgan fingerprint density at radius 3 is 2.59 bits per heavy atom. The van der Waals surface area contributed by atoms with Gasteiger partial charge in [0.05, 0.1) is 18.6 Å². The summed E-state index contributed by atoms with van der Waals surface area (Å²) in [6.07, 6.45) is 1.53. The van der Waals surface area contributed by atoms with Gasteiger partial charge in [-0.25, -0.2) is 9.18 Å². The highest BCUT2D eigenvalue weighted by molar-refractivity contribution is 5.98. The van der Waals surface area contributed by atoms with E-state index in [0.717, 1.165) is 60.1 Å². The number of fused-ring (bicyclic) bond motifs is 3. The number of hydrogen-bond donors (Lipinski definition) is 1. The summed E-state index contributed by atoms with van der Waals surface area (Å²) in [7, 11) is 2.02. The lowest BCUT2D eigenvalue weighted by Gasteiger charge is -2.34. The van der Waals surface area contributed by atoms with Crippen molar-refractivity contribution in [2.45, 2.75) is 25.8 Å². The molecular weight excluding hydrogens is 435 g/mol. The predicted molar refractivity (Wildman–Crippen MR) is 129 cm³/mol. The van der Waals surface area contributed by atoms with Gasteiger partial charge in [-0.05, 0) is 49.1 Å². The number of benzene rings is 2. The summed E-state index contributed by atoms with van der Waals surface area (Å²) in [5.74, 6) is -0.170. The summed E-state index contributed by atoms with van der Waals surface area (Å²) >= 11 is 0. The van der Waals surface area contributed by atoms with Crippen molar-refractivity contribution in [1.82, 2.24) is 14.4 Å². The van der Waals surface area contributed by atoms with Crippen LogP contribution in [0.15, 0.2) is 42.5 Å². The number of piperazine rings is 1. The average Bonchev–Trinajstić information content (AvgIpc) is 2.97. The van der Waals surface area contributed by atoms with Gasteiger partial charge in [-0.1, -0.05) is 18.2 Å². The molecule has 178 valence electrons. The van der Waals surface area contributed by atoms with Crippen LogP contribution in [0.3, 0.4) is 0 Å². The van der Waals surface area contributed by atoms with E-state index in [2.05, 4.69) is 15.5 Å². The van der Waals surface area contributed by atoms with Gasteiger partial charge in [-0.2, -0.15) is 0 Å². The van der Waals surface area contributed by atoms with Gasteiger partial charge in [-0.15, -0.1) is 0 Å². The van der Waals surface area contributed by atoms with Crippen LogP contribution in [-0.4, -0.2) is 64.2 Å². The van der Waals surface area contributed by atoms with Crippen molar-refractivity contribution in [3.63, 3.8) is 0 Å². The first kappa shape index (κ1) is 22.4. The van der Waals surface area contributed by atoms with E-state index in [-0.39, 0.29) is 11.7 Å². The lowest BCUT2D eigenvalue weighted by Crippen LogP contribution is -2.50. The molecule has 0 bridgehead atoms. The summed E-state index contributed by atoms with van der Waals surface area (Å²) < 4.78 is 15.3. The van der Waals surface area contributed by atoms with Gasteiger partial charge in [0.1, 0.15) is 5.82 Å². The van der Waals surface area contributed by atoms with Crippen molar-refractivity contribution in [3.05, 3.63) is 65.1 Å². The van der Waals surface area contributed by atoms with E-state index in [9.17, 15) is 19.1 Å². The van der Waals surface area contributed by atoms with E-state index in [1.165, 1.54) is 22.7 Å². The van der Waals surface area contributed by atoms with E-state index in [1.807, 2.05) is 24.1 Å². The zero-order valence-electron chi connectivity index (χ0n) is 19.3. The van der Waals surface area contributed by atoms with Crippen LogP contribution in [0.5, 0.6) is 0 Å². The molecule has 0 radical (unpaired) electrons. The number of carbonyl (C=O) groups is 2. The molecule has 0 spiro atoms. The lowest BCUT2D eigenvalue weighted by atomic mass is 10.1. The standard InChI is InChI=1S/C26H29FN4O3/c1-28-23-3-2-11-30(26(33)34)16-22(23)21-9-8-20(15-24(21)28)31-14-13-29(17-25(31)32)12-10-18-4-6-19(27)7-5-18/h4-9,15H,2-3,10-14,16-17H2,1H3,(H,33,34). The van der Waals surface area contributed by atoms with E-state index >= 15 is 0 Å². The molecule has 5 rings (SSSR count). The van der Waals surface area contributed by atoms with Gasteiger partial charge >= 0.3 is 6.09 Å². The van der Waals surface area contributed by atoms with Crippen molar-refractivity contribution >= 4 is 28.6 Å². The number of aromatic nitrogens is 1. The Bertz CT molecular complexity index is 1240. The molecule has 7 nitrogen and oxygen atoms in total. The maximum Gasteiger partial charge on any atom is 0.407 e. The molecule has 3 aromatic rings.